The van der Waals surface area contributed by atoms with Gasteiger partial charge in [-0.25, -0.2) is 0 Å². The highest BCUT2D eigenvalue weighted by Crippen LogP contribution is 2.31. The van der Waals surface area contributed by atoms with Crippen molar-refractivity contribution in [2.45, 2.75) is 37.9 Å². The lowest BCUT2D eigenvalue weighted by Gasteiger charge is -2.14. The maximum absolute atomic E-state index is 9.49. The molecule has 2 N–H and O–H groups in total. The molecular weight excluding hydrogens is 262 g/mol. The molecule has 3 atom stereocenters. The molecule has 19 heavy (non-hydrogen) atoms. The molecule has 4 heteroatoms. The van der Waals surface area contributed by atoms with Gasteiger partial charge in [0.25, 0.3) is 0 Å². The van der Waals surface area contributed by atoms with E-state index in [4.69, 9.17) is 16.3 Å². The highest BCUT2D eigenvalue weighted by Gasteiger charge is 2.25. The van der Waals surface area contributed by atoms with Crippen LogP contribution in [-0.4, -0.2) is 30.4 Å². The topological polar surface area (TPSA) is 41.5 Å². The molecule has 1 aliphatic heterocycles. The van der Waals surface area contributed by atoms with Gasteiger partial charge in [-0.15, -0.1) is 0 Å². The Labute approximate surface area is 118 Å². The van der Waals surface area contributed by atoms with Crippen LogP contribution in [0.2, 0.25) is 5.02 Å². The summed E-state index contributed by atoms with van der Waals surface area (Å²) in [6, 6.07) is 5.81. The molecule has 1 heterocycles. The molecule has 0 bridgehead atoms. The monoisotopic (exact) mass is 281 g/mol. The van der Waals surface area contributed by atoms with Crippen LogP contribution in [0.3, 0.4) is 0 Å². The Bertz CT molecular complexity index is 452. The van der Waals surface area contributed by atoms with E-state index >= 15 is 0 Å². The lowest BCUT2D eigenvalue weighted by Crippen LogP contribution is -2.33. The van der Waals surface area contributed by atoms with Gasteiger partial charge in [-0.05, 0) is 55.5 Å². The lowest BCUT2D eigenvalue weighted by atomic mass is 10.1. The van der Waals surface area contributed by atoms with Crippen LogP contribution < -0.4 is 10.1 Å². The summed E-state index contributed by atoms with van der Waals surface area (Å²) in [6.45, 7) is 1.84. The smallest absolute Gasteiger partial charge is 0.123 e. The number of ether oxygens (including phenoxy) is 1. The van der Waals surface area contributed by atoms with Crippen LogP contribution in [0, 0.1) is 5.92 Å². The summed E-state index contributed by atoms with van der Waals surface area (Å²) in [5.41, 5.74) is 1.20. The van der Waals surface area contributed by atoms with Crippen molar-refractivity contribution in [3.8, 4) is 5.75 Å². The van der Waals surface area contributed by atoms with Crippen molar-refractivity contribution in [1.29, 1.82) is 0 Å². The molecule has 0 saturated heterocycles. The summed E-state index contributed by atoms with van der Waals surface area (Å²) >= 11 is 5.98. The van der Waals surface area contributed by atoms with Gasteiger partial charge >= 0.3 is 0 Å². The average Bonchev–Trinajstić information content (AvgIpc) is 2.95. The number of hydrogen-bond donors (Lipinski definition) is 2. The Hall–Kier alpha value is -0.770. The predicted octanol–water partition coefficient (Wildman–Crippen LogP) is 2.39. The number of aliphatic hydroxyl groups excluding tert-OH is 1. The van der Waals surface area contributed by atoms with E-state index in [9.17, 15) is 5.11 Å². The first kappa shape index (κ1) is 13.2. The third-order valence-corrected chi connectivity index (χ3v) is 4.32. The van der Waals surface area contributed by atoms with Crippen molar-refractivity contribution >= 4 is 11.6 Å². The molecular formula is C15H20ClNO2. The van der Waals surface area contributed by atoms with E-state index in [1.54, 1.807) is 0 Å². The second-order valence-electron chi connectivity index (χ2n) is 5.69. The van der Waals surface area contributed by atoms with Gasteiger partial charge in [0.05, 0.1) is 6.10 Å². The maximum atomic E-state index is 9.49. The van der Waals surface area contributed by atoms with Crippen LogP contribution in [0.5, 0.6) is 5.75 Å². The van der Waals surface area contributed by atoms with E-state index in [1.165, 1.54) is 5.56 Å². The third-order valence-electron chi connectivity index (χ3n) is 4.08. The van der Waals surface area contributed by atoms with Crippen LogP contribution in [0.15, 0.2) is 18.2 Å². The number of benzene rings is 1. The average molecular weight is 282 g/mol. The second kappa shape index (κ2) is 5.70. The number of nitrogens with one attached hydrogen (secondary N) is 1. The first-order valence-electron chi connectivity index (χ1n) is 7.04. The van der Waals surface area contributed by atoms with Gasteiger partial charge < -0.3 is 15.2 Å². The van der Waals surface area contributed by atoms with Crippen LogP contribution in [-0.2, 0) is 6.42 Å². The van der Waals surface area contributed by atoms with E-state index in [0.29, 0.717) is 5.92 Å². The molecule has 1 aromatic rings. The zero-order valence-electron chi connectivity index (χ0n) is 10.9. The fourth-order valence-electron chi connectivity index (χ4n) is 3.09. The molecule has 3 rings (SSSR count). The Kier molecular flexibility index (Phi) is 3.96. The Balaban J connectivity index is 1.43. The normalized spacial score (nSPS) is 29.3. The molecule has 0 spiro atoms. The van der Waals surface area contributed by atoms with Crippen molar-refractivity contribution in [1.82, 2.24) is 5.32 Å². The third kappa shape index (κ3) is 3.22. The zero-order valence-corrected chi connectivity index (χ0v) is 11.7. The fraction of sp³-hybridized carbons (Fsp3) is 0.600. The number of halogens is 1. The Morgan fingerprint density at radius 3 is 3.00 bits per heavy atom. The Morgan fingerprint density at radius 1 is 1.32 bits per heavy atom. The van der Waals surface area contributed by atoms with Crippen LogP contribution in [0.1, 0.15) is 24.8 Å². The summed E-state index contributed by atoms with van der Waals surface area (Å²) in [5.74, 6) is 1.58. The predicted molar refractivity (Wildman–Crippen MR) is 75.8 cm³/mol. The van der Waals surface area contributed by atoms with Crippen molar-refractivity contribution < 1.29 is 9.84 Å². The van der Waals surface area contributed by atoms with E-state index < -0.39 is 0 Å². The molecule has 0 amide bonds. The molecule has 1 aliphatic carbocycles. The summed E-state index contributed by atoms with van der Waals surface area (Å²) in [6.07, 6.45) is 4.08. The van der Waals surface area contributed by atoms with Gasteiger partial charge in [0.2, 0.25) is 0 Å². The molecule has 1 saturated carbocycles. The van der Waals surface area contributed by atoms with Gasteiger partial charge in [-0.2, -0.15) is 0 Å². The van der Waals surface area contributed by atoms with Crippen molar-refractivity contribution in [3.05, 3.63) is 28.8 Å². The number of aliphatic hydroxyl groups is 1. The standard InChI is InChI=1S/C15H20ClNO2/c16-12-2-4-15-11(6-12)7-14(19-15)9-17-8-10-1-3-13(18)5-10/h2,4,6,10,13-14,17-18H,1,3,5,7-9H2. The maximum Gasteiger partial charge on any atom is 0.123 e. The fourth-order valence-corrected chi connectivity index (χ4v) is 3.28. The van der Waals surface area contributed by atoms with Gasteiger partial charge in [0.1, 0.15) is 11.9 Å². The SMILES string of the molecule is OC1CCC(CNCC2Cc3cc(Cl)ccc3O2)C1. The van der Waals surface area contributed by atoms with Crippen molar-refractivity contribution in [3.63, 3.8) is 0 Å². The molecule has 3 nitrogen and oxygen atoms in total. The highest BCUT2D eigenvalue weighted by atomic mass is 35.5. The lowest BCUT2D eigenvalue weighted by molar-refractivity contribution is 0.176. The first-order chi connectivity index (χ1) is 9.20. The van der Waals surface area contributed by atoms with Gasteiger partial charge in [-0.1, -0.05) is 11.6 Å². The van der Waals surface area contributed by atoms with Crippen molar-refractivity contribution in [2.24, 2.45) is 5.92 Å². The zero-order chi connectivity index (χ0) is 13.2. The van der Waals surface area contributed by atoms with Gasteiger partial charge in [-0.3, -0.25) is 0 Å². The minimum Gasteiger partial charge on any atom is -0.488 e. The second-order valence-corrected chi connectivity index (χ2v) is 6.12. The summed E-state index contributed by atoms with van der Waals surface area (Å²) in [4.78, 5) is 0. The highest BCUT2D eigenvalue weighted by molar-refractivity contribution is 6.30. The van der Waals surface area contributed by atoms with E-state index in [1.807, 2.05) is 18.2 Å². The van der Waals surface area contributed by atoms with Crippen LogP contribution >= 0.6 is 11.6 Å². The quantitative estimate of drug-likeness (QED) is 0.890. The van der Waals surface area contributed by atoms with E-state index in [0.717, 1.165) is 49.5 Å². The number of rotatable bonds is 4. The molecule has 1 fully saturated rings. The molecule has 1 aromatic carbocycles. The minimum absolute atomic E-state index is 0.0825. The van der Waals surface area contributed by atoms with Gasteiger partial charge in [0.15, 0.2) is 0 Å². The van der Waals surface area contributed by atoms with Gasteiger partial charge in [0, 0.05) is 18.0 Å². The molecule has 104 valence electrons. The number of fused-ring (bicyclic) bond motifs is 1. The molecule has 0 aromatic heterocycles. The van der Waals surface area contributed by atoms with E-state index in [-0.39, 0.29) is 12.2 Å². The molecule has 3 unspecified atom stereocenters. The molecule has 0 radical (unpaired) electrons. The van der Waals surface area contributed by atoms with Crippen LogP contribution in [0.4, 0.5) is 0 Å². The molecule has 2 aliphatic rings. The largest absolute Gasteiger partial charge is 0.488 e. The summed E-state index contributed by atoms with van der Waals surface area (Å²) < 4.78 is 5.88. The van der Waals surface area contributed by atoms with Crippen molar-refractivity contribution in [2.75, 3.05) is 13.1 Å². The minimum atomic E-state index is -0.0825. The summed E-state index contributed by atoms with van der Waals surface area (Å²) in [5, 5.41) is 13.7. The van der Waals surface area contributed by atoms with E-state index in [2.05, 4.69) is 5.32 Å². The Morgan fingerprint density at radius 2 is 2.21 bits per heavy atom. The number of hydrogen-bond acceptors (Lipinski definition) is 3. The summed E-state index contributed by atoms with van der Waals surface area (Å²) in [7, 11) is 0. The first-order valence-corrected chi connectivity index (χ1v) is 7.42. The van der Waals surface area contributed by atoms with Crippen LogP contribution in [0.25, 0.3) is 0 Å².